The topological polar surface area (TPSA) is 6.48 Å². The van der Waals surface area contributed by atoms with Gasteiger partial charge in [-0.1, -0.05) is 121 Å². The first kappa shape index (κ1) is 32.8. The lowest BCUT2D eigenvalue weighted by molar-refractivity contribution is 1.25. The molecule has 0 radical (unpaired) electrons. The quantitative estimate of drug-likeness (QED) is 0.156. The van der Waals surface area contributed by atoms with Gasteiger partial charge in [-0.25, -0.2) is 0 Å². The number of anilines is 6. The zero-order chi connectivity index (χ0) is 35.7. The second-order valence-electron chi connectivity index (χ2n) is 13.2. The maximum Gasteiger partial charge on any atom is 0.0640 e. The summed E-state index contributed by atoms with van der Waals surface area (Å²) in [5.41, 5.74) is 12.6. The van der Waals surface area contributed by atoms with Crippen LogP contribution in [0.2, 0.25) is 0 Å². The van der Waals surface area contributed by atoms with Crippen molar-refractivity contribution in [1.29, 1.82) is 0 Å². The highest BCUT2D eigenvalue weighted by molar-refractivity contribution is 7.80. The maximum absolute atomic E-state index is 4.79. The molecule has 0 N–H and O–H groups in total. The Morgan fingerprint density at radius 3 is 1.51 bits per heavy atom. The van der Waals surface area contributed by atoms with Crippen molar-refractivity contribution >= 4 is 78.3 Å². The molecule has 8 aromatic carbocycles. The third kappa shape index (κ3) is 6.16. The van der Waals surface area contributed by atoms with E-state index in [9.17, 15) is 0 Å². The van der Waals surface area contributed by atoms with Gasteiger partial charge in [0.2, 0.25) is 0 Å². The van der Waals surface area contributed by atoms with Crippen molar-refractivity contribution in [3.05, 3.63) is 200 Å². The number of benzene rings is 8. The molecule has 0 spiro atoms. The van der Waals surface area contributed by atoms with E-state index in [-0.39, 0.29) is 0 Å². The molecule has 0 aliphatic rings. The Bertz CT molecular complexity index is 2680. The van der Waals surface area contributed by atoms with Crippen molar-refractivity contribution < 1.29 is 0 Å². The Morgan fingerprint density at radius 1 is 0.396 bits per heavy atom. The molecule has 0 fully saturated rings. The smallest absolute Gasteiger partial charge is 0.0640 e. The number of rotatable bonds is 8. The first-order valence-corrected chi connectivity index (χ1v) is 19.1. The van der Waals surface area contributed by atoms with Crippen LogP contribution in [0.3, 0.4) is 0 Å². The molecule has 4 heteroatoms. The number of para-hydroxylation sites is 2. The van der Waals surface area contributed by atoms with E-state index in [0.717, 1.165) is 38.9 Å². The lowest BCUT2D eigenvalue weighted by Gasteiger charge is -2.28. The number of fused-ring (bicyclic) bond motifs is 3. The highest BCUT2D eigenvalue weighted by Gasteiger charge is 2.20. The van der Waals surface area contributed by atoms with E-state index in [1.165, 1.54) is 48.1 Å². The van der Waals surface area contributed by atoms with Crippen LogP contribution in [0.5, 0.6) is 0 Å². The summed E-state index contributed by atoms with van der Waals surface area (Å²) in [6.07, 6.45) is 0. The van der Waals surface area contributed by atoms with Gasteiger partial charge in [-0.3, -0.25) is 0 Å². The summed E-state index contributed by atoms with van der Waals surface area (Å²) in [5, 5.41) is 2.59. The van der Waals surface area contributed by atoms with Gasteiger partial charge in [-0.05, 0) is 108 Å². The van der Waals surface area contributed by atoms with E-state index in [2.05, 4.69) is 205 Å². The molecule has 9 aromatic rings. The van der Waals surface area contributed by atoms with E-state index in [1.54, 1.807) is 0 Å². The summed E-state index contributed by atoms with van der Waals surface area (Å²) in [7, 11) is 0. The zero-order valence-corrected chi connectivity index (χ0v) is 30.9. The van der Waals surface area contributed by atoms with Gasteiger partial charge in [-0.2, -0.15) is 0 Å². The summed E-state index contributed by atoms with van der Waals surface area (Å²) < 4.78 is 2.59. The molecule has 0 aliphatic carbocycles. The molecule has 254 valence electrons. The Labute approximate surface area is 320 Å². The molecule has 0 aliphatic heterocycles. The van der Waals surface area contributed by atoms with Crippen LogP contribution in [0.25, 0.3) is 42.4 Å². The molecule has 0 unspecified atom stereocenters. The van der Waals surface area contributed by atoms with Gasteiger partial charge in [0.25, 0.3) is 0 Å². The Kier molecular flexibility index (Phi) is 8.76. The van der Waals surface area contributed by atoms with E-state index in [0.29, 0.717) is 0 Å². The SMILES string of the molecule is Cc1c(-c2ccccc2S)cccc1N(c1ccccc1)c1ccc(-c2ccc(N(c3ccccc3)c3cccc4c3sc3ccccc34)cc2)cc1. The second kappa shape index (κ2) is 14.2. The van der Waals surface area contributed by atoms with Crippen LogP contribution < -0.4 is 9.80 Å². The van der Waals surface area contributed by atoms with Crippen LogP contribution in [0, 0.1) is 6.92 Å². The fraction of sp³-hybridized carbons (Fsp3) is 0.0204. The third-order valence-electron chi connectivity index (χ3n) is 9.98. The van der Waals surface area contributed by atoms with Gasteiger partial charge in [0.1, 0.15) is 0 Å². The van der Waals surface area contributed by atoms with Crippen LogP contribution in [0.1, 0.15) is 5.56 Å². The average molecular weight is 717 g/mol. The number of thiophene rings is 1. The van der Waals surface area contributed by atoms with Crippen molar-refractivity contribution in [2.75, 3.05) is 9.80 Å². The van der Waals surface area contributed by atoms with Crippen LogP contribution in [0.4, 0.5) is 34.1 Å². The molecular weight excluding hydrogens is 681 g/mol. The number of thiol groups is 1. The van der Waals surface area contributed by atoms with E-state index < -0.39 is 0 Å². The van der Waals surface area contributed by atoms with Crippen molar-refractivity contribution in [3.8, 4) is 22.3 Å². The minimum absolute atomic E-state index is 0.971. The minimum Gasteiger partial charge on any atom is -0.310 e. The highest BCUT2D eigenvalue weighted by atomic mass is 32.1. The largest absolute Gasteiger partial charge is 0.310 e. The average Bonchev–Trinajstić information content (AvgIpc) is 3.60. The molecule has 0 saturated carbocycles. The molecule has 0 saturated heterocycles. The van der Waals surface area contributed by atoms with Crippen LogP contribution >= 0.6 is 24.0 Å². The summed E-state index contributed by atoms with van der Waals surface area (Å²) in [5.74, 6) is 0. The monoisotopic (exact) mass is 716 g/mol. The standard InChI is InChI=1S/C49H36N2S2/c1-34-41(42-18-8-10-24-47(42)52)20-12-22-45(34)50(37-14-4-2-5-15-37)39-30-26-35(27-31-39)36-28-32-40(33-29-36)51(38-16-6-3-7-17-38)46-23-13-21-44-43-19-9-11-25-48(43)53-49(44)46/h2-33,52H,1H3. The van der Waals surface area contributed by atoms with Gasteiger partial charge in [-0.15, -0.1) is 24.0 Å². The highest BCUT2D eigenvalue weighted by Crippen LogP contribution is 2.45. The summed E-state index contributed by atoms with van der Waals surface area (Å²) in [6, 6.07) is 69.4. The molecule has 0 atom stereocenters. The third-order valence-corrected chi connectivity index (χ3v) is 11.6. The van der Waals surface area contributed by atoms with Crippen LogP contribution in [0.15, 0.2) is 199 Å². The normalized spacial score (nSPS) is 11.2. The molecule has 2 nitrogen and oxygen atoms in total. The van der Waals surface area contributed by atoms with Gasteiger partial charge in [0.15, 0.2) is 0 Å². The lowest BCUT2D eigenvalue weighted by Crippen LogP contribution is -2.11. The van der Waals surface area contributed by atoms with Crippen molar-refractivity contribution in [2.45, 2.75) is 11.8 Å². The first-order valence-electron chi connectivity index (χ1n) is 17.8. The second-order valence-corrected chi connectivity index (χ2v) is 14.7. The molecule has 1 heterocycles. The molecule has 0 amide bonds. The van der Waals surface area contributed by atoms with Gasteiger partial charge in [0.05, 0.1) is 10.4 Å². The molecule has 53 heavy (non-hydrogen) atoms. The summed E-state index contributed by atoms with van der Waals surface area (Å²) in [6.45, 7) is 2.21. The van der Waals surface area contributed by atoms with Gasteiger partial charge < -0.3 is 9.80 Å². The summed E-state index contributed by atoms with van der Waals surface area (Å²) >= 11 is 6.65. The first-order chi connectivity index (χ1) is 26.1. The van der Waals surface area contributed by atoms with E-state index in [4.69, 9.17) is 12.6 Å². The number of hydrogen-bond donors (Lipinski definition) is 1. The zero-order valence-electron chi connectivity index (χ0n) is 29.2. The van der Waals surface area contributed by atoms with Gasteiger partial charge in [0, 0.05) is 48.8 Å². The molecule has 0 bridgehead atoms. The van der Waals surface area contributed by atoms with E-state index in [1.807, 2.05) is 17.4 Å². The predicted octanol–water partition coefficient (Wildman–Crippen LogP) is 14.9. The molecular formula is C49H36N2S2. The minimum atomic E-state index is 0.971. The maximum atomic E-state index is 4.79. The molecule has 1 aromatic heterocycles. The Hall–Kier alpha value is -6.07. The van der Waals surface area contributed by atoms with Crippen LogP contribution in [-0.4, -0.2) is 0 Å². The number of hydrogen-bond acceptors (Lipinski definition) is 4. The molecule has 9 rings (SSSR count). The van der Waals surface area contributed by atoms with Crippen molar-refractivity contribution in [2.24, 2.45) is 0 Å². The van der Waals surface area contributed by atoms with Gasteiger partial charge >= 0.3 is 0 Å². The van der Waals surface area contributed by atoms with Crippen molar-refractivity contribution in [1.82, 2.24) is 0 Å². The Morgan fingerprint density at radius 2 is 0.868 bits per heavy atom. The van der Waals surface area contributed by atoms with Crippen molar-refractivity contribution in [3.63, 3.8) is 0 Å². The van der Waals surface area contributed by atoms with E-state index >= 15 is 0 Å². The van der Waals surface area contributed by atoms with Crippen LogP contribution in [-0.2, 0) is 0 Å². The summed E-state index contributed by atoms with van der Waals surface area (Å²) in [4.78, 5) is 5.70. The lowest BCUT2D eigenvalue weighted by atomic mass is 9.97. The predicted molar refractivity (Wildman–Crippen MR) is 232 cm³/mol. The Balaban J connectivity index is 1.08. The fourth-order valence-corrected chi connectivity index (χ4v) is 8.87. The fourth-order valence-electron chi connectivity index (χ4n) is 7.38. The number of nitrogens with zero attached hydrogens (tertiary/aromatic N) is 2.